The number of nitrogens with one attached hydrogen (secondary N) is 1. The smallest absolute Gasteiger partial charge is 0.406 e. The number of benzene rings is 1. The van der Waals surface area contributed by atoms with E-state index in [0.717, 1.165) is 53.6 Å². The molecule has 3 aromatic rings. The highest BCUT2D eigenvalue weighted by atomic mass is 79.9. The number of ether oxygens (including phenoxy) is 1. The molecule has 1 unspecified atom stereocenters. The quantitative estimate of drug-likeness (QED) is 0.329. The van der Waals surface area contributed by atoms with E-state index in [1.54, 1.807) is 10.7 Å². The van der Waals surface area contributed by atoms with Gasteiger partial charge in [0.2, 0.25) is 10.0 Å². The molecule has 14 heteroatoms. The van der Waals surface area contributed by atoms with Crippen molar-refractivity contribution in [1.82, 2.24) is 18.9 Å². The fourth-order valence-corrected chi connectivity index (χ4v) is 6.88. The van der Waals surface area contributed by atoms with Crippen molar-refractivity contribution < 1.29 is 26.3 Å². The summed E-state index contributed by atoms with van der Waals surface area (Å²) >= 11 is 9.95. The van der Waals surface area contributed by atoms with E-state index in [2.05, 4.69) is 37.2 Å². The second-order valence-electron chi connectivity index (χ2n) is 9.27. The van der Waals surface area contributed by atoms with Crippen molar-refractivity contribution in [3.8, 4) is 5.75 Å². The van der Waals surface area contributed by atoms with Gasteiger partial charge in [-0.2, -0.15) is 13.9 Å². The predicted octanol–water partition coefficient (Wildman–Crippen LogP) is 6.20. The Labute approximate surface area is 236 Å². The molecule has 0 amide bonds. The van der Waals surface area contributed by atoms with E-state index in [1.165, 1.54) is 4.31 Å². The van der Waals surface area contributed by atoms with Crippen LogP contribution in [0.4, 0.5) is 19.0 Å². The summed E-state index contributed by atoms with van der Waals surface area (Å²) in [5, 5.41) is 8.46. The van der Waals surface area contributed by atoms with E-state index in [9.17, 15) is 21.6 Å². The Hall–Kier alpha value is -2.61. The molecule has 1 saturated heterocycles. The molecule has 0 spiro atoms. The van der Waals surface area contributed by atoms with Gasteiger partial charge in [-0.25, -0.2) is 13.4 Å². The third-order valence-corrected chi connectivity index (χ3v) is 9.35. The summed E-state index contributed by atoms with van der Waals surface area (Å²) in [4.78, 5) is 4.64. The van der Waals surface area contributed by atoms with Crippen LogP contribution in [0.25, 0.3) is 11.2 Å². The normalized spacial score (nSPS) is 19.1. The minimum atomic E-state index is -4.85. The second-order valence-corrected chi connectivity index (χ2v) is 12.5. The number of allylic oxidation sites excluding steroid dienone is 4. The molecule has 8 nitrogen and oxygen atoms in total. The van der Waals surface area contributed by atoms with Crippen molar-refractivity contribution in [3.63, 3.8) is 0 Å². The molecule has 0 bridgehead atoms. The Bertz CT molecular complexity index is 1540. The highest BCUT2D eigenvalue weighted by Gasteiger charge is 2.33. The Morgan fingerprint density at radius 2 is 1.92 bits per heavy atom. The summed E-state index contributed by atoms with van der Waals surface area (Å²) in [6.45, 7) is 1.07. The third-order valence-electron chi connectivity index (χ3n) is 6.55. The minimum Gasteiger partial charge on any atom is -0.406 e. The van der Waals surface area contributed by atoms with E-state index >= 15 is 0 Å². The van der Waals surface area contributed by atoms with Crippen LogP contribution in [0.3, 0.4) is 0 Å². The van der Waals surface area contributed by atoms with Gasteiger partial charge in [0.25, 0.3) is 0 Å². The van der Waals surface area contributed by atoms with E-state index in [1.807, 2.05) is 12.1 Å². The van der Waals surface area contributed by atoms with E-state index in [0.29, 0.717) is 41.7 Å². The van der Waals surface area contributed by atoms with Crippen LogP contribution in [0, 0.1) is 5.92 Å². The Morgan fingerprint density at radius 1 is 1.18 bits per heavy atom. The number of hydrogen-bond donors (Lipinski definition) is 1. The molecular weight excluding hydrogens is 623 g/mol. The second kappa shape index (κ2) is 11.1. The standard InChI is InChI=1S/C25H24BrClF3N5O3S/c26-20-14-32-35-23(12-22(33-24(20)35)19-5-1-2-6-21(19)27)31-13-16-4-3-11-34(15-16)39(36,37)18-9-7-17(8-10-18)38-25(28,29)30/h5-10,12,14,16,31H,1-4,11,13,15H2. The maximum absolute atomic E-state index is 13.2. The molecule has 2 aliphatic rings. The lowest BCUT2D eigenvalue weighted by molar-refractivity contribution is -0.274. The van der Waals surface area contributed by atoms with Gasteiger partial charge in [0, 0.05) is 36.3 Å². The number of piperidine rings is 1. The number of alkyl halides is 3. The molecule has 5 rings (SSSR count). The highest BCUT2D eigenvalue weighted by Crippen LogP contribution is 2.33. The first-order valence-corrected chi connectivity index (χ1v) is 14.8. The number of anilines is 1. The van der Waals surface area contributed by atoms with E-state index < -0.39 is 22.1 Å². The summed E-state index contributed by atoms with van der Waals surface area (Å²) in [7, 11) is -3.89. The molecule has 2 aromatic heterocycles. The molecule has 0 saturated carbocycles. The molecule has 39 heavy (non-hydrogen) atoms. The van der Waals surface area contributed by atoms with Gasteiger partial charge in [-0.15, -0.1) is 13.2 Å². The molecule has 1 fully saturated rings. The number of nitrogens with zero attached hydrogens (tertiary/aromatic N) is 4. The van der Waals surface area contributed by atoms with Gasteiger partial charge in [0.1, 0.15) is 11.6 Å². The molecule has 1 aliphatic heterocycles. The maximum atomic E-state index is 13.2. The number of sulfonamides is 1. The summed E-state index contributed by atoms with van der Waals surface area (Å²) in [5.74, 6) is 0.206. The molecule has 3 heterocycles. The van der Waals surface area contributed by atoms with Crippen molar-refractivity contribution in [1.29, 1.82) is 0 Å². The lowest BCUT2D eigenvalue weighted by Gasteiger charge is -2.32. The summed E-state index contributed by atoms with van der Waals surface area (Å²) in [6.07, 6.45) is 4.03. The average Bonchev–Trinajstić information content (AvgIpc) is 3.28. The van der Waals surface area contributed by atoms with Crippen molar-refractivity contribution in [2.45, 2.75) is 36.9 Å². The van der Waals surface area contributed by atoms with Gasteiger partial charge in [0.05, 0.1) is 21.3 Å². The minimum absolute atomic E-state index is 0.00981. The van der Waals surface area contributed by atoms with Gasteiger partial charge >= 0.3 is 6.36 Å². The zero-order chi connectivity index (χ0) is 27.8. The van der Waals surface area contributed by atoms with Crippen LogP contribution in [0.1, 0.15) is 31.4 Å². The van der Waals surface area contributed by atoms with Crippen molar-refractivity contribution >= 4 is 54.6 Å². The summed E-state index contributed by atoms with van der Waals surface area (Å²) in [6, 6.07) is 6.13. The Kier molecular flexibility index (Phi) is 7.96. The molecule has 0 radical (unpaired) electrons. The van der Waals surface area contributed by atoms with E-state index in [-0.39, 0.29) is 17.4 Å². The van der Waals surface area contributed by atoms with Crippen molar-refractivity contribution in [2.75, 3.05) is 25.0 Å². The number of halogens is 5. The first-order chi connectivity index (χ1) is 18.5. The molecule has 1 N–H and O–H groups in total. The van der Waals surface area contributed by atoms with Crippen molar-refractivity contribution in [2.24, 2.45) is 5.92 Å². The lowest BCUT2D eigenvalue weighted by atomic mass is 9.99. The van der Waals surface area contributed by atoms with Gasteiger partial charge in [-0.05, 0) is 71.8 Å². The van der Waals surface area contributed by atoms with Crippen LogP contribution >= 0.6 is 27.5 Å². The van der Waals surface area contributed by atoms with Crippen molar-refractivity contribution in [3.05, 3.63) is 63.9 Å². The first kappa shape index (κ1) is 27.9. The monoisotopic (exact) mass is 645 g/mol. The van der Waals surface area contributed by atoms with Crippen LogP contribution in [-0.2, 0) is 10.0 Å². The SMILES string of the molecule is O=S(=O)(c1ccc(OC(F)(F)F)cc1)N1CCCC(CNc2cc(C3=CCCC=C3Cl)nc3c(Br)cnn23)C1. The van der Waals surface area contributed by atoms with Crippen LogP contribution in [0.2, 0.25) is 0 Å². The Morgan fingerprint density at radius 3 is 2.64 bits per heavy atom. The maximum Gasteiger partial charge on any atom is 0.573 e. The van der Waals surface area contributed by atoms with Crippen LogP contribution < -0.4 is 10.1 Å². The fourth-order valence-electron chi connectivity index (χ4n) is 4.70. The number of aromatic nitrogens is 3. The molecule has 1 atom stereocenters. The fraction of sp³-hybridized carbons (Fsp3) is 0.360. The van der Waals surface area contributed by atoms with Gasteiger partial charge in [-0.1, -0.05) is 23.8 Å². The number of fused-ring (bicyclic) bond motifs is 1. The van der Waals surface area contributed by atoms with Crippen LogP contribution in [-0.4, -0.2) is 53.3 Å². The van der Waals surface area contributed by atoms with Crippen LogP contribution in [0.15, 0.2) is 63.1 Å². The molecule has 208 valence electrons. The topological polar surface area (TPSA) is 88.8 Å². The predicted molar refractivity (Wildman–Crippen MR) is 145 cm³/mol. The van der Waals surface area contributed by atoms with Gasteiger partial charge in [-0.3, -0.25) is 0 Å². The number of hydrogen-bond acceptors (Lipinski definition) is 6. The zero-order valence-corrected chi connectivity index (χ0v) is 23.6. The first-order valence-electron chi connectivity index (χ1n) is 12.2. The molecular formula is C25H24BrClF3N5O3S. The van der Waals surface area contributed by atoms with Gasteiger partial charge in [0.15, 0.2) is 5.65 Å². The van der Waals surface area contributed by atoms with E-state index in [4.69, 9.17) is 16.6 Å². The zero-order valence-electron chi connectivity index (χ0n) is 20.5. The third kappa shape index (κ3) is 6.26. The summed E-state index contributed by atoms with van der Waals surface area (Å²) in [5.41, 5.74) is 2.18. The molecule has 1 aromatic carbocycles. The average molecular weight is 647 g/mol. The summed E-state index contributed by atoms with van der Waals surface area (Å²) < 4.78 is 71.4. The molecule has 1 aliphatic carbocycles. The van der Waals surface area contributed by atoms with Crippen LogP contribution in [0.5, 0.6) is 5.75 Å². The lowest BCUT2D eigenvalue weighted by Crippen LogP contribution is -2.41. The largest absolute Gasteiger partial charge is 0.573 e. The number of rotatable bonds is 7. The highest BCUT2D eigenvalue weighted by molar-refractivity contribution is 9.10. The Balaban J connectivity index is 1.31. The van der Waals surface area contributed by atoms with Gasteiger partial charge < -0.3 is 10.1 Å².